The molecule has 1 aromatic rings. The van der Waals surface area contributed by atoms with Crippen molar-refractivity contribution >= 4 is 5.91 Å². The highest BCUT2D eigenvalue weighted by molar-refractivity contribution is 5.94. The van der Waals surface area contributed by atoms with Crippen LogP contribution in [0.25, 0.3) is 0 Å². The summed E-state index contributed by atoms with van der Waals surface area (Å²) in [5.41, 5.74) is 2.08. The lowest BCUT2D eigenvalue weighted by molar-refractivity contribution is 0.0652. The molecule has 1 amide bonds. The first-order valence-corrected chi connectivity index (χ1v) is 6.65. The zero-order valence-corrected chi connectivity index (χ0v) is 11.5. The Hall–Kier alpha value is -1.35. The summed E-state index contributed by atoms with van der Waals surface area (Å²) in [5, 5.41) is 3.42. The van der Waals surface area contributed by atoms with Crippen molar-refractivity contribution in [1.82, 2.24) is 10.2 Å². The highest BCUT2D eigenvalue weighted by Crippen LogP contribution is 2.14. The van der Waals surface area contributed by atoms with Gasteiger partial charge in [0.25, 0.3) is 5.91 Å². The molecule has 0 aliphatic carbocycles. The minimum atomic E-state index is 0.0112. The van der Waals surface area contributed by atoms with E-state index < -0.39 is 0 Å². The summed E-state index contributed by atoms with van der Waals surface area (Å²) in [4.78, 5) is 14.3. The van der Waals surface area contributed by atoms with Crippen molar-refractivity contribution in [3.05, 3.63) is 35.4 Å². The summed E-state index contributed by atoms with van der Waals surface area (Å²) in [7, 11) is 0. The Morgan fingerprint density at radius 3 is 2.56 bits per heavy atom. The topological polar surface area (TPSA) is 32.3 Å². The molecule has 18 heavy (non-hydrogen) atoms. The number of aryl methyl sites for hydroxylation is 1. The van der Waals surface area contributed by atoms with Crippen LogP contribution in [0.15, 0.2) is 24.3 Å². The smallest absolute Gasteiger partial charge is 0.253 e. The molecule has 0 radical (unpaired) electrons. The van der Waals surface area contributed by atoms with E-state index in [0.29, 0.717) is 0 Å². The maximum Gasteiger partial charge on any atom is 0.253 e. The fraction of sp³-hybridized carbons (Fsp3) is 0.533. The molecule has 1 fully saturated rings. The van der Waals surface area contributed by atoms with Crippen LogP contribution in [-0.2, 0) is 6.42 Å². The largest absolute Gasteiger partial charge is 0.336 e. The molecule has 0 atom stereocenters. The van der Waals surface area contributed by atoms with Crippen molar-refractivity contribution < 1.29 is 4.79 Å². The van der Waals surface area contributed by atoms with Crippen LogP contribution in [0.3, 0.4) is 0 Å². The Morgan fingerprint density at radius 2 is 2.00 bits per heavy atom. The summed E-state index contributed by atoms with van der Waals surface area (Å²) in [5.74, 6) is 0.146. The van der Waals surface area contributed by atoms with Gasteiger partial charge < -0.3 is 10.2 Å². The normalized spacial score (nSPS) is 18.7. The highest BCUT2D eigenvalue weighted by atomic mass is 16.2. The molecule has 0 saturated carbocycles. The van der Waals surface area contributed by atoms with Gasteiger partial charge in [0.1, 0.15) is 0 Å². The Morgan fingerprint density at radius 1 is 1.33 bits per heavy atom. The second-order valence-corrected chi connectivity index (χ2v) is 5.59. The van der Waals surface area contributed by atoms with E-state index in [-0.39, 0.29) is 11.4 Å². The third kappa shape index (κ3) is 2.91. The van der Waals surface area contributed by atoms with E-state index in [0.717, 1.165) is 31.6 Å². The fourth-order valence-corrected chi connectivity index (χ4v) is 2.38. The molecule has 1 aliphatic heterocycles. The molecule has 0 aromatic heterocycles. The van der Waals surface area contributed by atoms with Crippen LogP contribution in [0.4, 0.5) is 0 Å². The molecule has 1 saturated heterocycles. The van der Waals surface area contributed by atoms with Crippen LogP contribution in [0.2, 0.25) is 0 Å². The molecule has 3 heteroatoms. The van der Waals surface area contributed by atoms with Crippen molar-refractivity contribution in [2.24, 2.45) is 0 Å². The van der Waals surface area contributed by atoms with Crippen molar-refractivity contribution in [3.63, 3.8) is 0 Å². The molecule has 3 nitrogen and oxygen atoms in total. The van der Waals surface area contributed by atoms with Crippen LogP contribution < -0.4 is 5.32 Å². The molecule has 98 valence electrons. The SMILES string of the molecule is CCc1ccc(C(=O)N2CCNC(C)(C)C2)cc1. The Labute approximate surface area is 109 Å². The van der Waals surface area contributed by atoms with Gasteiger partial charge >= 0.3 is 0 Å². The van der Waals surface area contributed by atoms with Gasteiger partial charge in [0.05, 0.1) is 0 Å². The maximum absolute atomic E-state index is 12.4. The molecule has 2 rings (SSSR count). The van der Waals surface area contributed by atoms with Gasteiger partial charge in [-0.25, -0.2) is 0 Å². The number of nitrogens with zero attached hydrogens (tertiary/aromatic N) is 1. The first-order chi connectivity index (χ1) is 8.52. The zero-order chi connectivity index (χ0) is 13.2. The van der Waals surface area contributed by atoms with Gasteiger partial charge in [-0.3, -0.25) is 4.79 Å². The second-order valence-electron chi connectivity index (χ2n) is 5.59. The third-order valence-corrected chi connectivity index (χ3v) is 3.47. The van der Waals surface area contributed by atoms with E-state index in [4.69, 9.17) is 0 Å². The van der Waals surface area contributed by atoms with Crippen molar-refractivity contribution in [2.45, 2.75) is 32.7 Å². The highest BCUT2D eigenvalue weighted by Gasteiger charge is 2.28. The number of nitrogens with one attached hydrogen (secondary N) is 1. The first-order valence-electron chi connectivity index (χ1n) is 6.65. The van der Waals surface area contributed by atoms with Crippen LogP contribution in [0, 0.1) is 0 Å². The molecule has 1 aromatic carbocycles. The molecule has 1 aliphatic rings. The van der Waals surface area contributed by atoms with Crippen molar-refractivity contribution in [2.75, 3.05) is 19.6 Å². The maximum atomic E-state index is 12.4. The molecule has 0 unspecified atom stereocenters. The zero-order valence-electron chi connectivity index (χ0n) is 11.5. The van der Waals surface area contributed by atoms with E-state index in [1.54, 1.807) is 0 Å². The van der Waals surface area contributed by atoms with E-state index in [2.05, 4.69) is 26.1 Å². The summed E-state index contributed by atoms with van der Waals surface area (Å²) < 4.78 is 0. The van der Waals surface area contributed by atoms with Gasteiger partial charge in [0, 0.05) is 30.7 Å². The van der Waals surface area contributed by atoms with E-state index in [1.165, 1.54) is 5.56 Å². The molecule has 1 N–H and O–H groups in total. The quantitative estimate of drug-likeness (QED) is 0.866. The standard InChI is InChI=1S/C15H22N2O/c1-4-12-5-7-13(8-6-12)14(18)17-10-9-16-15(2,3)11-17/h5-8,16H,4,9-11H2,1-3H3. The minimum absolute atomic E-state index is 0.0112. The molecule has 0 bridgehead atoms. The molecule has 1 heterocycles. The second kappa shape index (κ2) is 5.11. The van der Waals surface area contributed by atoms with Crippen molar-refractivity contribution in [1.29, 1.82) is 0 Å². The average molecular weight is 246 g/mol. The van der Waals surface area contributed by atoms with Gasteiger partial charge in [-0.05, 0) is 38.0 Å². The van der Waals surface area contributed by atoms with Gasteiger partial charge in [-0.15, -0.1) is 0 Å². The molecular formula is C15H22N2O. The fourth-order valence-electron chi connectivity index (χ4n) is 2.38. The third-order valence-electron chi connectivity index (χ3n) is 3.47. The van der Waals surface area contributed by atoms with E-state index >= 15 is 0 Å². The number of carbonyl (C=O) groups excluding carboxylic acids is 1. The average Bonchev–Trinajstić information content (AvgIpc) is 2.37. The van der Waals surface area contributed by atoms with Gasteiger partial charge in [-0.1, -0.05) is 19.1 Å². The summed E-state index contributed by atoms with van der Waals surface area (Å²) >= 11 is 0. The lowest BCUT2D eigenvalue weighted by atomic mass is 10.0. The van der Waals surface area contributed by atoms with Crippen LogP contribution in [0.1, 0.15) is 36.7 Å². The van der Waals surface area contributed by atoms with Crippen LogP contribution in [-0.4, -0.2) is 36.0 Å². The van der Waals surface area contributed by atoms with Gasteiger partial charge in [0.15, 0.2) is 0 Å². The lowest BCUT2D eigenvalue weighted by Gasteiger charge is -2.39. The number of amides is 1. The number of piperazine rings is 1. The predicted octanol–water partition coefficient (Wildman–Crippen LogP) is 2.07. The molecular weight excluding hydrogens is 224 g/mol. The van der Waals surface area contributed by atoms with Gasteiger partial charge in [-0.2, -0.15) is 0 Å². The summed E-state index contributed by atoms with van der Waals surface area (Å²) in [6.07, 6.45) is 1.01. The van der Waals surface area contributed by atoms with Crippen molar-refractivity contribution in [3.8, 4) is 0 Å². The Balaban J connectivity index is 2.10. The number of carbonyl (C=O) groups is 1. The Bertz CT molecular complexity index is 423. The lowest BCUT2D eigenvalue weighted by Crippen LogP contribution is -2.58. The number of benzene rings is 1. The first kappa shape index (κ1) is 13.1. The van der Waals surface area contributed by atoms with Crippen LogP contribution >= 0.6 is 0 Å². The summed E-state index contributed by atoms with van der Waals surface area (Å²) in [6.45, 7) is 8.81. The van der Waals surface area contributed by atoms with E-state index in [1.807, 2.05) is 29.2 Å². The number of hydrogen-bond donors (Lipinski definition) is 1. The van der Waals surface area contributed by atoms with Gasteiger partial charge in [0.2, 0.25) is 0 Å². The molecule has 0 spiro atoms. The van der Waals surface area contributed by atoms with E-state index in [9.17, 15) is 4.79 Å². The predicted molar refractivity (Wildman–Crippen MR) is 73.8 cm³/mol. The monoisotopic (exact) mass is 246 g/mol. The summed E-state index contributed by atoms with van der Waals surface area (Å²) in [6, 6.07) is 7.97. The Kier molecular flexibility index (Phi) is 3.71. The van der Waals surface area contributed by atoms with Crippen LogP contribution in [0.5, 0.6) is 0 Å². The minimum Gasteiger partial charge on any atom is -0.336 e. The number of hydrogen-bond acceptors (Lipinski definition) is 2. The number of rotatable bonds is 2.